The smallest absolute Gasteiger partial charge is 0.369 e. The molecule has 0 saturated carbocycles. The lowest BCUT2D eigenvalue weighted by Crippen LogP contribution is -2.19. The van der Waals surface area contributed by atoms with Gasteiger partial charge in [0, 0.05) is 11.6 Å². The zero-order chi connectivity index (χ0) is 11.8. The molecule has 0 radical (unpaired) electrons. The van der Waals surface area contributed by atoms with E-state index in [9.17, 15) is 18.0 Å². The molecule has 0 saturated heterocycles. The average Bonchev–Trinajstić information content (AvgIpc) is 2.61. The second-order valence-corrected chi connectivity index (χ2v) is 2.87. The first-order chi connectivity index (χ1) is 7.46. The highest BCUT2D eigenvalue weighted by molar-refractivity contribution is 5.92. The molecule has 0 aliphatic carbocycles. The molecule has 0 bridgehead atoms. The largest absolute Gasteiger partial charge is 0.575 e. The van der Waals surface area contributed by atoms with Crippen molar-refractivity contribution in [2.75, 3.05) is 0 Å². The molecule has 2 heterocycles. The molecule has 0 aliphatic heterocycles. The van der Waals surface area contributed by atoms with Gasteiger partial charge in [0.15, 0.2) is 5.65 Å². The number of hydrogen-bond acceptors (Lipinski definition) is 4. The normalized spacial score (nSPS) is 11.7. The van der Waals surface area contributed by atoms with Gasteiger partial charge in [0.2, 0.25) is 0 Å². The van der Waals surface area contributed by atoms with E-state index in [2.05, 4.69) is 19.9 Å². The van der Waals surface area contributed by atoms with E-state index in [0.29, 0.717) is 11.0 Å². The topological polar surface area (TPSA) is 67.9 Å². The third-order valence-electron chi connectivity index (χ3n) is 1.74. The minimum atomic E-state index is -5.00. The van der Waals surface area contributed by atoms with Crippen LogP contribution in [0, 0.1) is 0 Å². The highest BCUT2D eigenvalue weighted by Gasteiger charge is 2.34. The van der Waals surface area contributed by atoms with Gasteiger partial charge in [-0.1, -0.05) is 0 Å². The lowest BCUT2D eigenvalue weighted by Gasteiger charge is -2.06. The van der Waals surface area contributed by atoms with Gasteiger partial charge in [0.25, 0.3) is 0 Å². The van der Waals surface area contributed by atoms with Gasteiger partial charge in [-0.05, 0) is 6.07 Å². The van der Waals surface area contributed by atoms with Crippen molar-refractivity contribution < 1.29 is 22.7 Å². The van der Waals surface area contributed by atoms with Crippen LogP contribution in [0.1, 0.15) is 10.4 Å². The summed E-state index contributed by atoms with van der Waals surface area (Å²) >= 11 is 0. The number of H-pyrrole nitrogens is 1. The fourth-order valence-corrected chi connectivity index (χ4v) is 1.11. The van der Waals surface area contributed by atoms with Gasteiger partial charge in [0.1, 0.15) is 0 Å². The van der Waals surface area contributed by atoms with E-state index in [1.165, 1.54) is 12.3 Å². The van der Waals surface area contributed by atoms with E-state index >= 15 is 0 Å². The third-order valence-corrected chi connectivity index (χ3v) is 1.74. The number of rotatable bonds is 1. The Morgan fingerprint density at radius 2 is 2.12 bits per heavy atom. The van der Waals surface area contributed by atoms with Crippen LogP contribution in [-0.4, -0.2) is 27.5 Å². The minimum Gasteiger partial charge on any atom is -0.369 e. The summed E-state index contributed by atoms with van der Waals surface area (Å²) in [6, 6.07) is 1.21. The first-order valence-electron chi connectivity index (χ1n) is 4.05. The Bertz CT molecular complexity index is 535. The van der Waals surface area contributed by atoms with E-state index in [0.717, 1.165) is 6.20 Å². The summed E-state index contributed by atoms with van der Waals surface area (Å²) in [6.45, 7) is 0. The molecular weight excluding hydrogens is 227 g/mol. The second-order valence-electron chi connectivity index (χ2n) is 2.87. The van der Waals surface area contributed by atoms with Gasteiger partial charge in [-0.2, -0.15) is 5.10 Å². The summed E-state index contributed by atoms with van der Waals surface area (Å²) in [5, 5.41) is 6.54. The van der Waals surface area contributed by atoms with Crippen molar-refractivity contribution in [2.45, 2.75) is 6.36 Å². The number of carbonyl (C=O) groups excluding carboxylic acids is 1. The van der Waals surface area contributed by atoms with Crippen LogP contribution < -0.4 is 0 Å². The predicted octanol–water partition coefficient (Wildman–Crippen LogP) is 1.63. The highest BCUT2D eigenvalue weighted by Crippen LogP contribution is 2.19. The summed E-state index contributed by atoms with van der Waals surface area (Å²) < 4.78 is 38.5. The number of aromatic nitrogens is 3. The number of fused-ring (bicyclic) bond motifs is 1. The van der Waals surface area contributed by atoms with E-state index in [1.54, 1.807) is 0 Å². The number of alkyl halides is 3. The van der Waals surface area contributed by atoms with Gasteiger partial charge in [-0.25, -0.2) is 9.78 Å². The predicted molar refractivity (Wildman–Crippen MR) is 45.4 cm³/mol. The zero-order valence-electron chi connectivity index (χ0n) is 7.58. The molecule has 1 N–H and O–H groups in total. The number of ether oxygens (including phenoxy) is 1. The van der Waals surface area contributed by atoms with Crippen molar-refractivity contribution >= 4 is 17.0 Å². The molecule has 8 heteroatoms. The molecule has 0 spiro atoms. The third kappa shape index (κ3) is 2.10. The van der Waals surface area contributed by atoms with Crippen molar-refractivity contribution in [1.82, 2.24) is 15.2 Å². The Morgan fingerprint density at radius 1 is 1.38 bits per heavy atom. The Labute approximate surface area is 86.2 Å². The quantitative estimate of drug-likeness (QED) is 0.757. The average molecular weight is 231 g/mol. The standard InChI is InChI=1S/C8H4F3N3O2/c9-8(10,11)16-7(15)5-1-4-3-13-14-6(4)12-2-5/h1-3H,(H,12,13,14). The number of hydrogen-bond donors (Lipinski definition) is 1. The molecule has 0 amide bonds. The molecule has 0 aromatic carbocycles. The van der Waals surface area contributed by atoms with Crippen molar-refractivity contribution in [3.05, 3.63) is 24.0 Å². The zero-order valence-corrected chi connectivity index (χ0v) is 7.58. The van der Waals surface area contributed by atoms with Gasteiger partial charge in [-0.3, -0.25) is 5.10 Å². The lowest BCUT2D eigenvalue weighted by molar-refractivity contribution is -0.291. The first kappa shape index (κ1) is 10.4. The number of carbonyl (C=O) groups is 1. The molecule has 0 unspecified atom stereocenters. The van der Waals surface area contributed by atoms with Gasteiger partial charge in [0.05, 0.1) is 11.8 Å². The summed E-state index contributed by atoms with van der Waals surface area (Å²) in [7, 11) is 0. The number of nitrogens with one attached hydrogen (secondary N) is 1. The van der Waals surface area contributed by atoms with E-state index in [1.807, 2.05) is 0 Å². The molecule has 84 valence electrons. The molecule has 5 nitrogen and oxygen atoms in total. The maximum atomic E-state index is 11.8. The summed E-state index contributed by atoms with van der Waals surface area (Å²) in [6.07, 6.45) is -2.68. The molecule has 16 heavy (non-hydrogen) atoms. The minimum absolute atomic E-state index is 0.286. The molecule has 2 rings (SSSR count). The Kier molecular flexibility index (Phi) is 2.26. The summed E-state index contributed by atoms with van der Waals surface area (Å²) in [4.78, 5) is 14.7. The number of esters is 1. The number of pyridine rings is 1. The van der Waals surface area contributed by atoms with Crippen LogP contribution in [0.25, 0.3) is 11.0 Å². The Hall–Kier alpha value is -2.12. The summed E-state index contributed by atoms with van der Waals surface area (Å²) in [5.74, 6) is -1.50. The van der Waals surface area contributed by atoms with Crippen LogP contribution in [0.4, 0.5) is 13.2 Å². The Morgan fingerprint density at radius 3 is 2.81 bits per heavy atom. The van der Waals surface area contributed by atoms with Crippen LogP contribution in [0.2, 0.25) is 0 Å². The molecule has 2 aromatic heterocycles. The fourth-order valence-electron chi connectivity index (χ4n) is 1.11. The van der Waals surface area contributed by atoms with Gasteiger partial charge >= 0.3 is 12.3 Å². The number of aromatic amines is 1. The Balaban J connectivity index is 2.29. The molecular formula is C8H4F3N3O2. The van der Waals surface area contributed by atoms with Gasteiger partial charge < -0.3 is 4.74 Å². The highest BCUT2D eigenvalue weighted by atomic mass is 19.4. The summed E-state index contributed by atoms with van der Waals surface area (Å²) in [5.41, 5.74) is 0.0924. The monoisotopic (exact) mass is 231 g/mol. The second kappa shape index (κ2) is 3.47. The maximum Gasteiger partial charge on any atom is 0.575 e. The van der Waals surface area contributed by atoms with E-state index in [4.69, 9.17) is 0 Å². The van der Waals surface area contributed by atoms with Crippen molar-refractivity contribution in [2.24, 2.45) is 0 Å². The van der Waals surface area contributed by atoms with Crippen molar-refractivity contribution in [1.29, 1.82) is 0 Å². The lowest BCUT2D eigenvalue weighted by atomic mass is 10.2. The van der Waals surface area contributed by atoms with Crippen molar-refractivity contribution in [3.8, 4) is 0 Å². The number of nitrogens with zero attached hydrogens (tertiary/aromatic N) is 2. The maximum absolute atomic E-state index is 11.8. The molecule has 0 atom stereocenters. The van der Waals surface area contributed by atoms with Crippen molar-refractivity contribution in [3.63, 3.8) is 0 Å². The number of halogens is 3. The fraction of sp³-hybridized carbons (Fsp3) is 0.125. The SMILES string of the molecule is O=C(OC(F)(F)F)c1cnc2[nH]ncc2c1. The van der Waals surface area contributed by atoms with Crippen LogP contribution in [0.5, 0.6) is 0 Å². The van der Waals surface area contributed by atoms with Crippen LogP contribution in [0.15, 0.2) is 18.5 Å². The molecule has 2 aromatic rings. The van der Waals surface area contributed by atoms with E-state index < -0.39 is 12.3 Å². The van der Waals surface area contributed by atoms with Crippen LogP contribution in [-0.2, 0) is 4.74 Å². The first-order valence-corrected chi connectivity index (χ1v) is 4.05. The van der Waals surface area contributed by atoms with Gasteiger partial charge in [-0.15, -0.1) is 13.2 Å². The van der Waals surface area contributed by atoms with Crippen LogP contribution >= 0.6 is 0 Å². The molecule has 0 aliphatic rings. The molecule has 0 fully saturated rings. The van der Waals surface area contributed by atoms with E-state index in [-0.39, 0.29) is 5.56 Å². The van der Waals surface area contributed by atoms with Crippen LogP contribution in [0.3, 0.4) is 0 Å².